The van der Waals surface area contributed by atoms with E-state index in [0.29, 0.717) is 6.07 Å². The van der Waals surface area contributed by atoms with Crippen molar-refractivity contribution in [3.8, 4) is 0 Å². The van der Waals surface area contributed by atoms with Gasteiger partial charge in [-0.05, 0) is 35.1 Å². The van der Waals surface area contributed by atoms with E-state index in [1.54, 1.807) is 6.92 Å². The lowest BCUT2D eigenvalue weighted by atomic mass is 9.77. The Bertz CT molecular complexity index is 1050. The normalized spacial score (nSPS) is 18.8. The second kappa shape index (κ2) is 7.62. The Morgan fingerprint density at radius 2 is 1.55 bits per heavy atom. The van der Waals surface area contributed by atoms with E-state index >= 15 is 22.0 Å². The van der Waals surface area contributed by atoms with E-state index in [1.807, 2.05) is 0 Å². The number of aryl methyl sites for hydroxylation is 1. The molecule has 0 aliphatic heterocycles. The Morgan fingerprint density at radius 1 is 0.968 bits per heavy atom. The van der Waals surface area contributed by atoms with Gasteiger partial charge in [-0.2, -0.15) is 17.6 Å². The van der Waals surface area contributed by atoms with Crippen LogP contribution in [0.15, 0.2) is 30.3 Å². The average Bonchev–Trinajstić information content (AvgIpc) is 2.74. The minimum absolute atomic E-state index is 0.0666. The summed E-state index contributed by atoms with van der Waals surface area (Å²) in [6.07, 6.45) is 0.0807. The third-order valence-corrected chi connectivity index (χ3v) is 5.77. The molecule has 2 aromatic rings. The lowest BCUT2D eigenvalue weighted by molar-refractivity contribution is -0.224. The smallest absolute Gasteiger partial charge is 0.342 e. The van der Waals surface area contributed by atoms with Gasteiger partial charge >= 0.3 is 23.8 Å². The minimum atomic E-state index is -5.05. The fourth-order valence-electron chi connectivity index (χ4n) is 4.33. The summed E-state index contributed by atoms with van der Waals surface area (Å²) in [6, 6.07) is 4.98. The Morgan fingerprint density at radius 3 is 2.06 bits per heavy atom. The van der Waals surface area contributed by atoms with Gasteiger partial charge in [0, 0.05) is 11.5 Å². The average molecular weight is 442 g/mol. The van der Waals surface area contributed by atoms with Gasteiger partial charge in [0.05, 0.1) is 5.56 Å². The molecule has 1 aliphatic rings. The second-order valence-corrected chi connectivity index (χ2v) is 7.37. The summed E-state index contributed by atoms with van der Waals surface area (Å²) < 4.78 is 76.2. The van der Waals surface area contributed by atoms with Gasteiger partial charge in [0.25, 0.3) is 0 Å². The zero-order valence-corrected chi connectivity index (χ0v) is 16.6. The Balaban J connectivity index is 2.59. The van der Waals surface area contributed by atoms with E-state index in [-0.39, 0.29) is 24.0 Å². The summed E-state index contributed by atoms with van der Waals surface area (Å²) in [5, 5.41) is 19.1. The molecule has 31 heavy (non-hydrogen) atoms. The molecule has 2 aromatic carbocycles. The van der Waals surface area contributed by atoms with E-state index in [0.717, 1.165) is 18.2 Å². The number of hydrogen-bond acceptors (Lipinski definition) is 2. The number of alkyl halides is 4. The summed E-state index contributed by atoms with van der Waals surface area (Å²) in [6.45, 7) is 3.07. The molecule has 0 fully saturated rings. The van der Waals surface area contributed by atoms with Gasteiger partial charge in [-0.15, -0.1) is 0 Å². The van der Waals surface area contributed by atoms with Gasteiger partial charge in [-0.1, -0.05) is 44.2 Å². The predicted molar refractivity (Wildman–Crippen MR) is 100.0 cm³/mol. The summed E-state index contributed by atoms with van der Waals surface area (Å²) >= 11 is 0. The van der Waals surface area contributed by atoms with Crippen LogP contribution in [-0.2, 0) is 34.3 Å². The van der Waals surface area contributed by atoms with Gasteiger partial charge in [0.15, 0.2) is 5.92 Å². The van der Waals surface area contributed by atoms with Gasteiger partial charge < -0.3 is 10.2 Å². The maximum absolute atomic E-state index is 15.4. The van der Waals surface area contributed by atoms with Crippen LogP contribution in [0.25, 0.3) is 0 Å². The molecular formula is C22H19F5O4. The molecule has 3 rings (SSSR count). The molecule has 2 N–H and O–H groups in total. The van der Waals surface area contributed by atoms with Crippen molar-refractivity contribution in [3.63, 3.8) is 0 Å². The first-order valence-corrected chi connectivity index (χ1v) is 9.56. The Labute approximate surface area is 174 Å². The van der Waals surface area contributed by atoms with Crippen molar-refractivity contribution in [1.29, 1.82) is 0 Å². The molecule has 1 unspecified atom stereocenters. The van der Waals surface area contributed by atoms with Crippen molar-refractivity contribution in [2.24, 2.45) is 5.92 Å². The van der Waals surface area contributed by atoms with Crippen LogP contribution in [0.2, 0.25) is 0 Å². The minimum Gasteiger partial charge on any atom is -0.481 e. The standard InChI is InChI=1S/C22H19F5O4/c1-3-10-9-13-15(16(19(28)29)20(30)31)12-7-5-6-8-14(12)21(24,25)22(26,27)17(13)18(23)11(10)4-2/h5-9,15-16H,3-4H2,1-2H3,(H,28,29)(H,30,31). The first-order chi connectivity index (χ1) is 14.4. The van der Waals surface area contributed by atoms with Crippen LogP contribution >= 0.6 is 0 Å². The molecule has 0 saturated heterocycles. The van der Waals surface area contributed by atoms with E-state index < -0.39 is 63.7 Å². The number of hydrogen-bond donors (Lipinski definition) is 2. The largest absolute Gasteiger partial charge is 0.481 e. The molecule has 0 aromatic heterocycles. The molecule has 0 heterocycles. The van der Waals surface area contributed by atoms with Crippen LogP contribution in [0.1, 0.15) is 53.1 Å². The van der Waals surface area contributed by atoms with Crippen molar-refractivity contribution < 1.29 is 41.8 Å². The second-order valence-electron chi connectivity index (χ2n) is 7.37. The molecule has 0 amide bonds. The molecule has 1 aliphatic carbocycles. The Hall–Kier alpha value is -2.97. The van der Waals surface area contributed by atoms with Crippen LogP contribution in [0.3, 0.4) is 0 Å². The van der Waals surface area contributed by atoms with Crippen LogP contribution < -0.4 is 0 Å². The quantitative estimate of drug-likeness (QED) is 0.501. The maximum Gasteiger partial charge on any atom is 0.342 e. The van der Waals surface area contributed by atoms with Crippen molar-refractivity contribution in [2.45, 2.75) is 44.5 Å². The van der Waals surface area contributed by atoms with E-state index in [4.69, 9.17) is 0 Å². The van der Waals surface area contributed by atoms with Crippen LogP contribution in [-0.4, -0.2) is 22.2 Å². The third-order valence-electron chi connectivity index (χ3n) is 5.77. The zero-order chi connectivity index (χ0) is 23.3. The van der Waals surface area contributed by atoms with Crippen molar-refractivity contribution in [3.05, 3.63) is 69.5 Å². The van der Waals surface area contributed by atoms with E-state index in [2.05, 4.69) is 0 Å². The highest BCUT2D eigenvalue weighted by Gasteiger charge is 2.64. The van der Waals surface area contributed by atoms with E-state index in [9.17, 15) is 19.8 Å². The van der Waals surface area contributed by atoms with Crippen molar-refractivity contribution in [2.75, 3.05) is 0 Å². The van der Waals surface area contributed by atoms with Crippen LogP contribution in [0, 0.1) is 11.7 Å². The SMILES string of the molecule is CCc1cc2c(c(F)c1CC)C(F)(F)C(F)(F)c1ccccc1C2C(C(=O)O)C(=O)O. The molecule has 0 saturated carbocycles. The summed E-state index contributed by atoms with van der Waals surface area (Å²) in [4.78, 5) is 23.6. The van der Waals surface area contributed by atoms with Crippen molar-refractivity contribution >= 4 is 11.9 Å². The van der Waals surface area contributed by atoms with Crippen LogP contribution in [0.4, 0.5) is 22.0 Å². The lowest BCUT2D eigenvalue weighted by Gasteiger charge is -2.28. The fraction of sp³-hybridized carbons (Fsp3) is 0.364. The summed E-state index contributed by atoms with van der Waals surface area (Å²) in [5.41, 5.74) is -4.20. The first kappa shape index (κ1) is 22.7. The number of benzene rings is 2. The molecule has 0 spiro atoms. The predicted octanol–water partition coefficient (Wildman–Crippen LogP) is 5.07. The molecule has 9 heteroatoms. The number of aliphatic carboxylic acids is 2. The molecule has 4 nitrogen and oxygen atoms in total. The summed E-state index contributed by atoms with van der Waals surface area (Å²) in [7, 11) is 0. The van der Waals surface area contributed by atoms with E-state index in [1.165, 1.54) is 13.0 Å². The summed E-state index contributed by atoms with van der Waals surface area (Å²) in [5.74, 6) is -19.7. The monoisotopic (exact) mass is 442 g/mol. The topological polar surface area (TPSA) is 74.6 Å². The van der Waals surface area contributed by atoms with Crippen molar-refractivity contribution in [1.82, 2.24) is 0 Å². The van der Waals surface area contributed by atoms with Gasteiger partial charge in [-0.25, -0.2) is 4.39 Å². The molecule has 0 bridgehead atoms. The highest BCUT2D eigenvalue weighted by molar-refractivity contribution is 5.95. The zero-order valence-electron chi connectivity index (χ0n) is 16.6. The Kier molecular flexibility index (Phi) is 5.58. The number of carboxylic acids is 2. The molecule has 166 valence electrons. The molecule has 0 radical (unpaired) electrons. The molecular weight excluding hydrogens is 423 g/mol. The number of halogens is 5. The van der Waals surface area contributed by atoms with Gasteiger partial charge in [0.2, 0.25) is 0 Å². The number of carboxylic acid groups (broad SMARTS) is 2. The van der Waals surface area contributed by atoms with Crippen LogP contribution in [0.5, 0.6) is 0 Å². The highest BCUT2D eigenvalue weighted by atomic mass is 19.3. The molecule has 1 atom stereocenters. The first-order valence-electron chi connectivity index (χ1n) is 9.56. The number of rotatable bonds is 5. The number of carbonyl (C=O) groups is 2. The van der Waals surface area contributed by atoms with Gasteiger partial charge in [-0.3, -0.25) is 9.59 Å². The number of fused-ring (bicyclic) bond motifs is 2. The lowest BCUT2D eigenvalue weighted by Crippen LogP contribution is -2.36. The highest BCUT2D eigenvalue weighted by Crippen LogP contribution is 2.58. The third kappa shape index (κ3) is 3.18. The fourth-order valence-corrected chi connectivity index (χ4v) is 4.33. The van der Waals surface area contributed by atoms with Gasteiger partial charge in [0.1, 0.15) is 5.82 Å². The maximum atomic E-state index is 15.4.